The van der Waals surface area contributed by atoms with Gasteiger partial charge in [-0.05, 0) is 29.1 Å². The highest BCUT2D eigenvalue weighted by atomic mass is 15.1. The van der Waals surface area contributed by atoms with E-state index in [1.165, 1.54) is 0 Å². The maximum absolute atomic E-state index is 8.09. The van der Waals surface area contributed by atoms with Crippen LogP contribution in [0.3, 0.4) is 0 Å². The van der Waals surface area contributed by atoms with E-state index in [-0.39, 0.29) is 6.54 Å². The van der Waals surface area contributed by atoms with Gasteiger partial charge in [0, 0.05) is 28.3 Å². The molecule has 0 saturated heterocycles. The molecule has 0 N–H and O–H groups in total. The minimum Gasteiger partial charge on any atom is -0.264 e. The van der Waals surface area contributed by atoms with Gasteiger partial charge in [-0.3, -0.25) is 4.98 Å². The lowest BCUT2D eigenvalue weighted by molar-refractivity contribution is 1.25. The van der Waals surface area contributed by atoms with E-state index < -0.39 is 0 Å². The summed E-state index contributed by atoms with van der Waals surface area (Å²) >= 11 is 0. The molecule has 0 bridgehead atoms. The quantitative estimate of drug-likeness (QED) is 0.307. The predicted molar refractivity (Wildman–Crippen MR) is 62.6 cm³/mol. The number of fused-ring (bicyclic) bond motifs is 1. The van der Waals surface area contributed by atoms with Gasteiger partial charge in [-0.25, -0.2) is 0 Å². The Balaban J connectivity index is 2.31. The lowest BCUT2D eigenvalue weighted by atomic mass is 10.1. The number of azide groups is 1. The summed E-state index contributed by atoms with van der Waals surface area (Å²) in [6.45, 7) is 0.199. The Morgan fingerprint density at radius 1 is 1.31 bits per heavy atom. The molecule has 0 spiro atoms. The molecule has 1 aromatic carbocycles. The summed E-state index contributed by atoms with van der Waals surface area (Å²) in [6.07, 6.45) is 3.56. The molecule has 16 heavy (non-hydrogen) atoms. The number of pyridine rings is 1. The normalized spacial score (nSPS) is 9.00. The summed E-state index contributed by atoms with van der Waals surface area (Å²) in [7, 11) is 0. The second kappa shape index (κ2) is 4.83. The molecule has 1 heterocycles. The topological polar surface area (TPSA) is 61.7 Å². The summed E-state index contributed by atoms with van der Waals surface area (Å²) in [4.78, 5) is 6.67. The molecule has 0 radical (unpaired) electrons. The van der Waals surface area contributed by atoms with Crippen LogP contribution in [0, 0.1) is 11.8 Å². The van der Waals surface area contributed by atoms with Gasteiger partial charge >= 0.3 is 0 Å². The first-order valence-corrected chi connectivity index (χ1v) is 4.73. The van der Waals surface area contributed by atoms with Gasteiger partial charge in [0.2, 0.25) is 0 Å². The fourth-order valence-electron chi connectivity index (χ4n) is 1.37. The highest BCUT2D eigenvalue weighted by Crippen LogP contribution is 2.13. The van der Waals surface area contributed by atoms with Crippen molar-refractivity contribution in [2.24, 2.45) is 5.11 Å². The summed E-state index contributed by atoms with van der Waals surface area (Å²) in [6, 6.07) is 7.82. The van der Waals surface area contributed by atoms with Crippen LogP contribution in [-0.4, -0.2) is 11.5 Å². The van der Waals surface area contributed by atoms with Crippen molar-refractivity contribution < 1.29 is 0 Å². The number of hydrogen-bond acceptors (Lipinski definition) is 2. The van der Waals surface area contributed by atoms with E-state index in [0.717, 1.165) is 16.3 Å². The molecular weight excluding hydrogens is 200 g/mol. The number of hydrogen-bond donors (Lipinski definition) is 0. The molecular formula is C12H8N4. The molecule has 0 aliphatic carbocycles. The summed E-state index contributed by atoms with van der Waals surface area (Å²) < 4.78 is 0. The molecule has 0 saturated carbocycles. The second-order valence-electron chi connectivity index (χ2n) is 3.13. The van der Waals surface area contributed by atoms with Crippen LogP contribution in [0.5, 0.6) is 0 Å². The van der Waals surface area contributed by atoms with Crippen LogP contribution in [0.2, 0.25) is 0 Å². The molecule has 2 aromatic rings. The largest absolute Gasteiger partial charge is 0.264 e. The van der Waals surface area contributed by atoms with Gasteiger partial charge in [-0.2, -0.15) is 0 Å². The zero-order chi connectivity index (χ0) is 11.2. The Kier molecular flexibility index (Phi) is 3.03. The van der Waals surface area contributed by atoms with E-state index in [0.29, 0.717) is 0 Å². The highest BCUT2D eigenvalue weighted by Gasteiger charge is 1.92. The third-order valence-corrected chi connectivity index (χ3v) is 2.09. The lowest BCUT2D eigenvalue weighted by Gasteiger charge is -1.96. The summed E-state index contributed by atoms with van der Waals surface area (Å²) in [5.41, 5.74) is 9.00. The third-order valence-electron chi connectivity index (χ3n) is 2.09. The van der Waals surface area contributed by atoms with Crippen LogP contribution in [-0.2, 0) is 0 Å². The van der Waals surface area contributed by atoms with Gasteiger partial charge in [-0.15, -0.1) is 0 Å². The monoisotopic (exact) mass is 208 g/mol. The molecule has 0 unspecified atom stereocenters. The zero-order valence-corrected chi connectivity index (χ0v) is 8.46. The van der Waals surface area contributed by atoms with Crippen LogP contribution < -0.4 is 0 Å². The zero-order valence-electron chi connectivity index (χ0n) is 8.46. The Hall–Kier alpha value is -2.50. The number of aromatic nitrogens is 1. The summed E-state index contributed by atoms with van der Waals surface area (Å²) in [5, 5.41) is 5.53. The Bertz CT molecular complexity index is 615. The summed E-state index contributed by atoms with van der Waals surface area (Å²) in [5.74, 6) is 5.72. The minimum atomic E-state index is 0.199. The van der Waals surface area contributed by atoms with E-state index in [4.69, 9.17) is 5.53 Å². The molecule has 2 rings (SSSR count). The molecule has 0 atom stereocenters. The van der Waals surface area contributed by atoms with E-state index in [9.17, 15) is 0 Å². The molecule has 1 aromatic heterocycles. The first kappa shape index (κ1) is 10.0. The maximum atomic E-state index is 8.09. The average molecular weight is 208 g/mol. The van der Waals surface area contributed by atoms with Crippen molar-refractivity contribution in [2.45, 2.75) is 0 Å². The van der Waals surface area contributed by atoms with Crippen molar-refractivity contribution in [1.29, 1.82) is 0 Å². The third kappa shape index (κ3) is 2.30. The Morgan fingerprint density at radius 3 is 3.12 bits per heavy atom. The molecule has 0 aliphatic rings. The van der Waals surface area contributed by atoms with Crippen molar-refractivity contribution in [3.05, 3.63) is 52.7 Å². The minimum absolute atomic E-state index is 0.199. The van der Waals surface area contributed by atoms with Crippen molar-refractivity contribution >= 4 is 10.8 Å². The highest BCUT2D eigenvalue weighted by molar-refractivity contribution is 5.82. The van der Waals surface area contributed by atoms with Gasteiger partial charge < -0.3 is 0 Å². The average Bonchev–Trinajstić information content (AvgIpc) is 2.34. The molecule has 4 heteroatoms. The van der Waals surface area contributed by atoms with Crippen molar-refractivity contribution in [3.8, 4) is 11.8 Å². The SMILES string of the molecule is [N-]=[N+]=NCC#Cc1ccc2cnccc2c1. The van der Waals surface area contributed by atoms with Gasteiger partial charge in [-0.1, -0.05) is 23.0 Å². The van der Waals surface area contributed by atoms with E-state index in [1.54, 1.807) is 6.20 Å². The Morgan fingerprint density at radius 2 is 2.25 bits per heavy atom. The van der Waals surface area contributed by atoms with E-state index >= 15 is 0 Å². The predicted octanol–water partition coefficient (Wildman–Crippen LogP) is 2.90. The molecule has 0 amide bonds. The molecule has 0 aliphatic heterocycles. The van der Waals surface area contributed by atoms with E-state index in [2.05, 4.69) is 26.9 Å². The van der Waals surface area contributed by atoms with Crippen LogP contribution >= 0.6 is 0 Å². The van der Waals surface area contributed by atoms with Crippen LogP contribution in [0.4, 0.5) is 0 Å². The number of nitrogens with zero attached hydrogens (tertiary/aromatic N) is 4. The lowest BCUT2D eigenvalue weighted by Crippen LogP contribution is -1.78. The van der Waals surface area contributed by atoms with E-state index in [1.807, 2.05) is 30.5 Å². The number of rotatable bonds is 1. The standard InChI is InChI=1S/C12H8N4/c13-16-15-6-1-2-10-3-4-12-9-14-7-5-11(12)8-10/h3-5,7-9H,6H2. The van der Waals surface area contributed by atoms with Crippen molar-refractivity contribution in [3.63, 3.8) is 0 Å². The molecule has 4 nitrogen and oxygen atoms in total. The van der Waals surface area contributed by atoms with Gasteiger partial charge in [0.1, 0.15) is 0 Å². The van der Waals surface area contributed by atoms with Crippen LogP contribution in [0.1, 0.15) is 5.56 Å². The van der Waals surface area contributed by atoms with Gasteiger partial charge in [0.25, 0.3) is 0 Å². The number of benzene rings is 1. The van der Waals surface area contributed by atoms with Gasteiger partial charge in [0.05, 0.1) is 6.54 Å². The van der Waals surface area contributed by atoms with Gasteiger partial charge in [0.15, 0.2) is 0 Å². The fourth-order valence-corrected chi connectivity index (χ4v) is 1.37. The second-order valence-corrected chi connectivity index (χ2v) is 3.13. The molecule has 0 fully saturated rings. The van der Waals surface area contributed by atoms with Crippen molar-refractivity contribution in [1.82, 2.24) is 4.98 Å². The van der Waals surface area contributed by atoms with Crippen LogP contribution in [0.25, 0.3) is 21.2 Å². The smallest absolute Gasteiger partial charge is 0.0880 e. The first-order valence-electron chi connectivity index (χ1n) is 4.73. The fraction of sp³-hybridized carbons (Fsp3) is 0.0833. The van der Waals surface area contributed by atoms with Crippen LogP contribution in [0.15, 0.2) is 41.8 Å². The maximum Gasteiger partial charge on any atom is 0.0880 e. The first-order chi connectivity index (χ1) is 7.90. The molecule has 76 valence electrons. The Labute approximate surface area is 92.6 Å². The van der Waals surface area contributed by atoms with Crippen molar-refractivity contribution in [2.75, 3.05) is 6.54 Å².